The van der Waals surface area contributed by atoms with Crippen molar-refractivity contribution < 1.29 is 9.59 Å². The second kappa shape index (κ2) is 3.31. The lowest BCUT2D eigenvalue weighted by atomic mass is 9.77. The van der Waals surface area contributed by atoms with E-state index in [0.29, 0.717) is 5.92 Å². The molecule has 0 unspecified atom stereocenters. The van der Waals surface area contributed by atoms with Crippen LogP contribution in [0.2, 0.25) is 0 Å². The first kappa shape index (κ1) is 10.3. The highest BCUT2D eigenvalue weighted by molar-refractivity contribution is 5.86. The van der Waals surface area contributed by atoms with Crippen LogP contribution >= 0.6 is 0 Å². The summed E-state index contributed by atoms with van der Waals surface area (Å²) >= 11 is 0. The Morgan fingerprint density at radius 3 is 2.69 bits per heavy atom. The van der Waals surface area contributed by atoms with Gasteiger partial charge in [0.05, 0.1) is 6.04 Å². The van der Waals surface area contributed by atoms with Crippen LogP contribution < -0.4 is 0 Å². The lowest BCUT2D eigenvalue weighted by molar-refractivity contribution is -0.142. The molecule has 88 valence electrons. The van der Waals surface area contributed by atoms with Crippen LogP contribution in [0.25, 0.3) is 0 Å². The van der Waals surface area contributed by atoms with E-state index in [2.05, 4.69) is 6.92 Å². The van der Waals surface area contributed by atoms with Gasteiger partial charge < -0.3 is 9.69 Å². The summed E-state index contributed by atoms with van der Waals surface area (Å²) in [6.07, 6.45) is 7.62. The average Bonchev–Trinajstić information content (AvgIpc) is 2.78. The van der Waals surface area contributed by atoms with Crippen molar-refractivity contribution in [3.63, 3.8) is 0 Å². The Hall–Kier alpha value is -0.860. The molecule has 3 heteroatoms. The number of aldehydes is 1. The van der Waals surface area contributed by atoms with Crippen LogP contribution in [0.15, 0.2) is 0 Å². The molecule has 2 saturated heterocycles. The van der Waals surface area contributed by atoms with E-state index in [1.165, 1.54) is 12.8 Å². The Bertz CT molecular complexity index is 341. The van der Waals surface area contributed by atoms with E-state index in [1.807, 2.05) is 4.90 Å². The first-order chi connectivity index (χ1) is 7.70. The standard InChI is InChI=1S/C13H19NO2/c1-9-11-5-3-7-13(11)6-2-4-10(8-15)14(13)12(9)16/h8-11H,2-7H2,1H3/t9-,10-,11-,13-/m1/s1. The molecule has 1 amide bonds. The molecule has 1 aliphatic carbocycles. The summed E-state index contributed by atoms with van der Waals surface area (Å²) in [6, 6.07) is -0.133. The zero-order valence-corrected chi connectivity index (χ0v) is 9.82. The van der Waals surface area contributed by atoms with Crippen LogP contribution in [0, 0.1) is 11.8 Å². The molecule has 16 heavy (non-hydrogen) atoms. The summed E-state index contributed by atoms with van der Waals surface area (Å²) in [5.41, 5.74) is 0.0698. The third-order valence-electron chi connectivity index (χ3n) is 5.12. The van der Waals surface area contributed by atoms with Crippen molar-refractivity contribution in [1.82, 2.24) is 4.90 Å². The second-order valence-electron chi connectivity index (χ2n) is 5.69. The van der Waals surface area contributed by atoms with Gasteiger partial charge in [-0.05, 0) is 38.0 Å². The van der Waals surface area contributed by atoms with Gasteiger partial charge in [-0.2, -0.15) is 0 Å². The minimum Gasteiger partial charge on any atom is -0.327 e. The highest BCUT2D eigenvalue weighted by Crippen LogP contribution is 2.55. The number of amides is 1. The van der Waals surface area contributed by atoms with Crippen molar-refractivity contribution in [3.8, 4) is 0 Å². The molecule has 3 rings (SSSR count). The van der Waals surface area contributed by atoms with Gasteiger partial charge in [-0.25, -0.2) is 0 Å². The van der Waals surface area contributed by atoms with Crippen molar-refractivity contribution in [2.24, 2.45) is 11.8 Å². The molecule has 0 aromatic rings. The molecule has 3 aliphatic rings. The van der Waals surface area contributed by atoms with Crippen LogP contribution in [-0.4, -0.2) is 28.7 Å². The Kier molecular flexibility index (Phi) is 2.13. The number of carbonyl (C=O) groups is 2. The van der Waals surface area contributed by atoms with E-state index < -0.39 is 0 Å². The molecule has 0 aromatic heterocycles. The molecule has 1 saturated carbocycles. The van der Waals surface area contributed by atoms with Gasteiger partial charge in [0.15, 0.2) is 0 Å². The van der Waals surface area contributed by atoms with Gasteiger partial charge >= 0.3 is 0 Å². The fourth-order valence-electron chi connectivity index (χ4n) is 4.51. The van der Waals surface area contributed by atoms with E-state index in [4.69, 9.17) is 0 Å². The fourth-order valence-corrected chi connectivity index (χ4v) is 4.51. The molecular weight excluding hydrogens is 202 g/mol. The summed E-state index contributed by atoms with van der Waals surface area (Å²) in [4.78, 5) is 25.4. The van der Waals surface area contributed by atoms with Crippen molar-refractivity contribution in [2.75, 3.05) is 0 Å². The minimum absolute atomic E-state index is 0.0698. The summed E-state index contributed by atoms with van der Waals surface area (Å²) < 4.78 is 0. The van der Waals surface area contributed by atoms with Gasteiger partial charge in [-0.15, -0.1) is 0 Å². The number of nitrogens with zero attached hydrogens (tertiary/aromatic N) is 1. The molecule has 0 radical (unpaired) electrons. The molecular formula is C13H19NO2. The average molecular weight is 221 g/mol. The summed E-state index contributed by atoms with van der Waals surface area (Å²) in [6.45, 7) is 2.06. The molecule has 0 bridgehead atoms. The Labute approximate surface area is 96.2 Å². The second-order valence-corrected chi connectivity index (χ2v) is 5.69. The van der Waals surface area contributed by atoms with Crippen molar-refractivity contribution in [1.29, 1.82) is 0 Å². The SMILES string of the molecule is C[C@H]1C(=O)N2[C@@H](C=O)CCC[C@]23CCC[C@H]13. The maximum Gasteiger partial charge on any atom is 0.226 e. The van der Waals surface area contributed by atoms with Gasteiger partial charge in [0.1, 0.15) is 6.29 Å². The van der Waals surface area contributed by atoms with Crippen LogP contribution in [0.4, 0.5) is 0 Å². The van der Waals surface area contributed by atoms with Gasteiger partial charge in [0.25, 0.3) is 0 Å². The zero-order valence-electron chi connectivity index (χ0n) is 9.82. The maximum absolute atomic E-state index is 12.3. The predicted molar refractivity (Wildman–Crippen MR) is 59.8 cm³/mol. The van der Waals surface area contributed by atoms with E-state index in [9.17, 15) is 9.59 Å². The topological polar surface area (TPSA) is 37.4 Å². The Morgan fingerprint density at radius 2 is 2.00 bits per heavy atom. The number of hydrogen-bond acceptors (Lipinski definition) is 2. The van der Waals surface area contributed by atoms with Gasteiger partial charge in [0, 0.05) is 11.5 Å². The molecule has 3 fully saturated rings. The normalized spacial score (nSPS) is 46.7. The molecule has 2 aliphatic heterocycles. The number of piperidine rings is 1. The highest BCUT2D eigenvalue weighted by Gasteiger charge is 2.61. The number of rotatable bonds is 1. The lowest BCUT2D eigenvalue weighted by Gasteiger charge is -2.45. The van der Waals surface area contributed by atoms with E-state index >= 15 is 0 Å². The van der Waals surface area contributed by atoms with Crippen LogP contribution in [0.3, 0.4) is 0 Å². The molecule has 1 spiro atoms. The van der Waals surface area contributed by atoms with Crippen molar-refractivity contribution in [3.05, 3.63) is 0 Å². The highest BCUT2D eigenvalue weighted by atomic mass is 16.2. The molecule has 3 nitrogen and oxygen atoms in total. The largest absolute Gasteiger partial charge is 0.327 e. The van der Waals surface area contributed by atoms with E-state index in [0.717, 1.165) is 32.0 Å². The fraction of sp³-hybridized carbons (Fsp3) is 0.846. The molecule has 0 aromatic carbocycles. The molecule has 0 N–H and O–H groups in total. The summed E-state index contributed by atoms with van der Waals surface area (Å²) in [7, 11) is 0. The number of carbonyl (C=O) groups excluding carboxylic acids is 2. The number of hydrogen-bond donors (Lipinski definition) is 0. The summed E-state index contributed by atoms with van der Waals surface area (Å²) in [5.74, 6) is 0.896. The summed E-state index contributed by atoms with van der Waals surface area (Å²) in [5, 5.41) is 0. The minimum atomic E-state index is -0.133. The Balaban J connectivity index is 2.04. The zero-order chi connectivity index (χ0) is 11.3. The van der Waals surface area contributed by atoms with E-state index in [-0.39, 0.29) is 23.4 Å². The maximum atomic E-state index is 12.3. The van der Waals surface area contributed by atoms with Gasteiger partial charge in [-0.3, -0.25) is 4.79 Å². The first-order valence-electron chi connectivity index (χ1n) is 6.49. The van der Waals surface area contributed by atoms with Crippen LogP contribution in [-0.2, 0) is 9.59 Å². The predicted octanol–water partition coefficient (Wildman–Crippen LogP) is 1.75. The van der Waals surface area contributed by atoms with Crippen LogP contribution in [0.5, 0.6) is 0 Å². The van der Waals surface area contributed by atoms with Crippen molar-refractivity contribution >= 4 is 12.2 Å². The Morgan fingerprint density at radius 1 is 1.31 bits per heavy atom. The lowest BCUT2D eigenvalue weighted by Crippen LogP contribution is -2.55. The monoisotopic (exact) mass is 221 g/mol. The first-order valence-corrected chi connectivity index (χ1v) is 6.49. The van der Waals surface area contributed by atoms with Gasteiger partial charge in [0.2, 0.25) is 5.91 Å². The smallest absolute Gasteiger partial charge is 0.226 e. The van der Waals surface area contributed by atoms with E-state index in [1.54, 1.807) is 0 Å². The third kappa shape index (κ3) is 1.04. The molecule has 4 atom stereocenters. The third-order valence-corrected chi connectivity index (χ3v) is 5.12. The quantitative estimate of drug-likeness (QED) is 0.633. The van der Waals surface area contributed by atoms with Crippen molar-refractivity contribution in [2.45, 2.75) is 57.0 Å². The van der Waals surface area contributed by atoms with Crippen LogP contribution in [0.1, 0.15) is 45.4 Å². The molecule has 2 heterocycles. The van der Waals surface area contributed by atoms with Gasteiger partial charge in [-0.1, -0.05) is 13.3 Å².